The lowest BCUT2D eigenvalue weighted by Gasteiger charge is -2.39. The molecule has 0 aliphatic heterocycles. The van der Waals surface area contributed by atoms with Crippen molar-refractivity contribution >= 4 is 31.5 Å². The van der Waals surface area contributed by atoms with E-state index in [9.17, 15) is 0 Å². The van der Waals surface area contributed by atoms with E-state index in [4.69, 9.17) is 37.1 Å². The normalized spacial score (nSPS) is 12.9. The van der Waals surface area contributed by atoms with E-state index in [0.717, 1.165) is 29.9 Å². The van der Waals surface area contributed by atoms with E-state index in [1.165, 1.54) is 5.56 Å². The highest BCUT2D eigenvalue weighted by atomic mass is 35.5. The van der Waals surface area contributed by atoms with Crippen molar-refractivity contribution in [1.82, 2.24) is 0 Å². The first-order chi connectivity index (χ1) is 16.0. The Balaban J connectivity index is 1.60. The Bertz CT molecular complexity index is 1050. The van der Waals surface area contributed by atoms with Crippen LogP contribution in [-0.4, -0.2) is 14.6 Å². The Morgan fingerprint density at radius 2 is 1.44 bits per heavy atom. The predicted molar refractivity (Wildman–Crippen MR) is 145 cm³/mol. The predicted octanol–water partition coefficient (Wildman–Crippen LogP) is 8.93. The first-order valence-corrected chi connectivity index (χ1v) is 15.3. The molecule has 34 heavy (non-hydrogen) atoms. The maximum atomic E-state index is 6.63. The van der Waals surface area contributed by atoms with Crippen molar-refractivity contribution in [3.63, 3.8) is 0 Å². The number of hydrogen-bond donors (Lipinski definition) is 0. The molecule has 0 aliphatic carbocycles. The summed E-state index contributed by atoms with van der Waals surface area (Å²) in [6, 6.07) is 23.6. The zero-order valence-corrected chi connectivity index (χ0v) is 23.1. The summed E-state index contributed by atoms with van der Waals surface area (Å²) in [7, 11) is -1.98. The number of benzene rings is 3. The molecular formula is C28H34Cl2O3Si. The van der Waals surface area contributed by atoms with Gasteiger partial charge in [-0.2, -0.15) is 0 Å². The van der Waals surface area contributed by atoms with Crippen molar-refractivity contribution < 1.29 is 13.9 Å². The van der Waals surface area contributed by atoms with Crippen molar-refractivity contribution in [3.05, 3.63) is 94.0 Å². The fourth-order valence-electron chi connectivity index (χ4n) is 3.13. The summed E-state index contributed by atoms with van der Waals surface area (Å²) < 4.78 is 18.8. The van der Waals surface area contributed by atoms with Gasteiger partial charge in [-0.25, -0.2) is 0 Å². The lowest BCUT2D eigenvalue weighted by Crippen LogP contribution is -2.45. The quantitative estimate of drug-likeness (QED) is 0.198. The zero-order valence-electron chi connectivity index (χ0n) is 20.6. The fraction of sp³-hybridized carbons (Fsp3) is 0.357. The molecule has 0 bridgehead atoms. The molecule has 3 nitrogen and oxygen atoms in total. The summed E-state index contributed by atoms with van der Waals surface area (Å²) in [4.78, 5) is 0. The second-order valence-electron chi connectivity index (χ2n) is 9.96. The van der Waals surface area contributed by atoms with Crippen LogP contribution in [-0.2, 0) is 17.5 Å². The summed E-state index contributed by atoms with van der Waals surface area (Å²) >= 11 is 12.1. The van der Waals surface area contributed by atoms with Crippen molar-refractivity contribution in [1.29, 1.82) is 0 Å². The third kappa shape index (κ3) is 7.77. The van der Waals surface area contributed by atoms with Crippen LogP contribution in [0.25, 0.3) is 0 Å². The van der Waals surface area contributed by atoms with Gasteiger partial charge in [0, 0.05) is 6.42 Å². The highest BCUT2D eigenvalue weighted by molar-refractivity contribution is 6.74. The number of ether oxygens (including phenoxy) is 2. The number of rotatable bonds is 10. The van der Waals surface area contributed by atoms with Crippen LogP contribution in [0, 0.1) is 0 Å². The van der Waals surface area contributed by atoms with Gasteiger partial charge in [-0.3, -0.25) is 0 Å². The van der Waals surface area contributed by atoms with Crippen molar-refractivity contribution in [2.24, 2.45) is 0 Å². The highest BCUT2D eigenvalue weighted by Gasteiger charge is 2.39. The fourth-order valence-corrected chi connectivity index (χ4v) is 4.63. The first kappa shape index (κ1) is 26.6. The van der Waals surface area contributed by atoms with Crippen molar-refractivity contribution in [2.75, 3.05) is 0 Å². The van der Waals surface area contributed by atoms with Gasteiger partial charge < -0.3 is 13.9 Å². The third-order valence-electron chi connectivity index (χ3n) is 6.22. The monoisotopic (exact) mass is 516 g/mol. The molecule has 3 aromatic carbocycles. The summed E-state index contributed by atoms with van der Waals surface area (Å²) in [6.45, 7) is 11.7. The summed E-state index contributed by atoms with van der Waals surface area (Å²) in [5.41, 5.74) is 2.18. The molecule has 0 fully saturated rings. The molecule has 0 radical (unpaired) electrons. The molecule has 3 aromatic rings. The van der Waals surface area contributed by atoms with Crippen LogP contribution >= 0.6 is 23.2 Å². The summed E-state index contributed by atoms with van der Waals surface area (Å²) in [6.07, 6.45) is 1.32. The zero-order chi connectivity index (χ0) is 24.8. The Hall–Kier alpha value is -1.98. The Morgan fingerprint density at radius 3 is 2.06 bits per heavy atom. The van der Waals surface area contributed by atoms with Gasteiger partial charge in [0.15, 0.2) is 14.6 Å². The lowest BCUT2D eigenvalue weighted by molar-refractivity contribution is -0.0114. The molecule has 1 unspecified atom stereocenters. The van der Waals surface area contributed by atoms with Gasteiger partial charge in [-0.15, -0.1) is 0 Å². The van der Waals surface area contributed by atoms with E-state index in [2.05, 4.69) is 46.0 Å². The van der Waals surface area contributed by atoms with Crippen LogP contribution < -0.4 is 9.47 Å². The standard InChI is InChI=1S/C28H34Cl2O3Si/c1-28(2,3)34(4,5)33-27(32-24-9-7-6-8-10-24)18-14-21-11-15-23(16-12-21)31-20-22-13-17-25(29)26(30)19-22/h6-13,15-17,19,27H,14,18,20H2,1-5H3. The minimum absolute atomic E-state index is 0.110. The molecule has 0 N–H and O–H groups in total. The molecule has 0 heterocycles. The Morgan fingerprint density at radius 1 is 0.794 bits per heavy atom. The molecule has 0 spiro atoms. The first-order valence-electron chi connectivity index (χ1n) is 11.6. The van der Waals surface area contributed by atoms with Gasteiger partial charge in [-0.05, 0) is 72.1 Å². The van der Waals surface area contributed by atoms with E-state index in [0.29, 0.717) is 16.7 Å². The average molecular weight is 518 g/mol. The van der Waals surface area contributed by atoms with E-state index in [1.807, 2.05) is 54.6 Å². The van der Waals surface area contributed by atoms with Gasteiger partial charge >= 0.3 is 0 Å². The second-order valence-corrected chi connectivity index (χ2v) is 15.5. The molecule has 0 aliphatic rings. The van der Waals surface area contributed by atoms with E-state index in [1.54, 1.807) is 6.07 Å². The van der Waals surface area contributed by atoms with Crippen LogP contribution in [0.5, 0.6) is 11.5 Å². The number of para-hydroxylation sites is 1. The van der Waals surface area contributed by atoms with Crippen molar-refractivity contribution in [2.45, 2.75) is 64.6 Å². The van der Waals surface area contributed by atoms with E-state index in [-0.39, 0.29) is 11.3 Å². The highest BCUT2D eigenvalue weighted by Crippen LogP contribution is 2.38. The van der Waals surface area contributed by atoms with Crippen LogP contribution in [0.3, 0.4) is 0 Å². The van der Waals surface area contributed by atoms with E-state index >= 15 is 0 Å². The molecule has 0 saturated carbocycles. The molecule has 0 aromatic heterocycles. The van der Waals surface area contributed by atoms with Gasteiger partial charge in [-0.1, -0.05) is 80.4 Å². The maximum absolute atomic E-state index is 6.63. The SMILES string of the molecule is CC(C)(C)[Si](C)(C)OC(CCc1ccc(OCc2ccc(Cl)c(Cl)c2)cc1)Oc1ccccc1. The average Bonchev–Trinajstić information content (AvgIpc) is 2.79. The van der Waals surface area contributed by atoms with Gasteiger partial charge in [0.1, 0.15) is 18.1 Å². The molecule has 0 saturated heterocycles. The molecule has 3 rings (SSSR count). The van der Waals surface area contributed by atoms with Gasteiger partial charge in [0.25, 0.3) is 0 Å². The molecule has 182 valence electrons. The van der Waals surface area contributed by atoms with E-state index < -0.39 is 8.32 Å². The minimum atomic E-state index is -1.98. The van der Waals surface area contributed by atoms with Crippen molar-refractivity contribution in [3.8, 4) is 11.5 Å². The molecule has 1 atom stereocenters. The number of hydrogen-bond acceptors (Lipinski definition) is 3. The number of halogens is 2. The smallest absolute Gasteiger partial charge is 0.196 e. The Labute approximate surface area is 215 Å². The van der Waals surface area contributed by atoms with Crippen LogP contribution in [0.1, 0.15) is 38.3 Å². The van der Waals surface area contributed by atoms with Gasteiger partial charge in [0.2, 0.25) is 0 Å². The topological polar surface area (TPSA) is 27.7 Å². The summed E-state index contributed by atoms with van der Waals surface area (Å²) in [5, 5.41) is 1.19. The molecular weight excluding hydrogens is 483 g/mol. The third-order valence-corrected chi connectivity index (χ3v) is 11.4. The molecule has 0 amide bonds. The second kappa shape index (κ2) is 11.6. The largest absolute Gasteiger partial charge is 0.489 e. The van der Waals surface area contributed by atoms with Gasteiger partial charge in [0.05, 0.1) is 10.0 Å². The maximum Gasteiger partial charge on any atom is 0.196 e. The number of aryl methyl sites for hydroxylation is 1. The summed E-state index contributed by atoms with van der Waals surface area (Å²) in [5.74, 6) is 1.64. The van der Waals surface area contributed by atoms with Crippen LogP contribution in [0.15, 0.2) is 72.8 Å². The Kier molecular flexibility index (Phi) is 9.11. The van der Waals surface area contributed by atoms with Crippen LogP contribution in [0.2, 0.25) is 28.2 Å². The molecule has 6 heteroatoms. The lowest BCUT2D eigenvalue weighted by atomic mass is 10.1. The van der Waals surface area contributed by atoms with Crippen LogP contribution in [0.4, 0.5) is 0 Å². The minimum Gasteiger partial charge on any atom is -0.489 e.